The number of hydrogen-bond donors (Lipinski definition) is 0. The highest BCUT2D eigenvalue weighted by Gasteiger charge is 2.35. The molecular weight excluding hydrogens is 296 g/mol. The lowest BCUT2D eigenvalue weighted by Gasteiger charge is -2.34. The quantitative estimate of drug-likeness (QED) is 0.576. The van der Waals surface area contributed by atoms with Gasteiger partial charge in [0.05, 0.1) is 0 Å². The van der Waals surface area contributed by atoms with Gasteiger partial charge in [-0.3, -0.25) is 0 Å². The number of rotatable bonds is 5. The molecule has 0 saturated heterocycles. The van der Waals surface area contributed by atoms with Crippen molar-refractivity contribution in [2.45, 2.75) is 56.8 Å². The Morgan fingerprint density at radius 1 is 1.00 bits per heavy atom. The van der Waals surface area contributed by atoms with Crippen LogP contribution in [0.25, 0.3) is 0 Å². The molecule has 3 rings (SSSR count). The summed E-state index contributed by atoms with van der Waals surface area (Å²) in [6.07, 6.45) is 6.60. The summed E-state index contributed by atoms with van der Waals surface area (Å²) in [6, 6.07) is 20.2. The van der Waals surface area contributed by atoms with Gasteiger partial charge >= 0.3 is 0 Å². The van der Waals surface area contributed by atoms with E-state index in [2.05, 4.69) is 80.2 Å². The van der Waals surface area contributed by atoms with E-state index in [0.29, 0.717) is 11.3 Å². The molecule has 1 heteroatoms. The van der Waals surface area contributed by atoms with Gasteiger partial charge in [0.1, 0.15) is 0 Å². The minimum atomic E-state index is 0.472. The Balaban J connectivity index is 2.01. The van der Waals surface area contributed by atoms with Gasteiger partial charge in [-0.25, -0.2) is 0 Å². The van der Waals surface area contributed by atoms with E-state index >= 15 is 0 Å². The van der Waals surface area contributed by atoms with Gasteiger partial charge in [-0.1, -0.05) is 75.2 Å². The normalized spacial score (nSPS) is 24.0. The van der Waals surface area contributed by atoms with Crippen molar-refractivity contribution in [3.05, 3.63) is 65.7 Å². The van der Waals surface area contributed by atoms with Gasteiger partial charge in [-0.15, -0.1) is 11.8 Å². The zero-order chi connectivity index (χ0) is 16.1. The van der Waals surface area contributed by atoms with Crippen molar-refractivity contribution >= 4 is 11.8 Å². The van der Waals surface area contributed by atoms with Crippen LogP contribution in [0.2, 0.25) is 0 Å². The molecule has 2 atom stereocenters. The zero-order valence-corrected chi connectivity index (χ0v) is 15.2. The van der Waals surface area contributed by atoms with Crippen LogP contribution in [0.1, 0.15) is 63.0 Å². The van der Waals surface area contributed by atoms with Crippen molar-refractivity contribution in [1.82, 2.24) is 0 Å². The van der Waals surface area contributed by atoms with Crippen LogP contribution in [-0.4, -0.2) is 5.75 Å². The molecular formula is C22H28S. The molecule has 0 fully saturated rings. The molecule has 0 unspecified atom stereocenters. The van der Waals surface area contributed by atoms with Crippen molar-refractivity contribution < 1.29 is 0 Å². The van der Waals surface area contributed by atoms with E-state index in [9.17, 15) is 0 Å². The largest absolute Gasteiger partial charge is 0.125 e. The van der Waals surface area contributed by atoms with Gasteiger partial charge in [0.15, 0.2) is 0 Å². The SMILES string of the molecule is CCCC[C@]1(CC)CSc2ccccc2[C@@H](c2ccccc2)C1. The van der Waals surface area contributed by atoms with E-state index in [0.717, 1.165) is 0 Å². The van der Waals surface area contributed by atoms with Crippen LogP contribution in [0.3, 0.4) is 0 Å². The fraction of sp³-hybridized carbons (Fsp3) is 0.455. The van der Waals surface area contributed by atoms with Crippen LogP contribution in [0, 0.1) is 5.41 Å². The van der Waals surface area contributed by atoms with Crippen LogP contribution in [-0.2, 0) is 0 Å². The van der Waals surface area contributed by atoms with E-state index in [4.69, 9.17) is 0 Å². The number of hydrogen-bond acceptors (Lipinski definition) is 1. The van der Waals surface area contributed by atoms with Gasteiger partial charge in [0.2, 0.25) is 0 Å². The van der Waals surface area contributed by atoms with E-state index < -0.39 is 0 Å². The Morgan fingerprint density at radius 2 is 1.74 bits per heavy atom. The molecule has 0 saturated carbocycles. The van der Waals surface area contributed by atoms with E-state index in [-0.39, 0.29) is 0 Å². The molecule has 0 radical (unpaired) electrons. The van der Waals surface area contributed by atoms with E-state index in [1.165, 1.54) is 53.9 Å². The summed E-state index contributed by atoms with van der Waals surface area (Å²) in [5.74, 6) is 1.81. The molecule has 2 aromatic carbocycles. The number of fused-ring (bicyclic) bond motifs is 1. The smallest absolute Gasteiger partial charge is 0.0110 e. The molecule has 0 amide bonds. The highest BCUT2D eigenvalue weighted by Crippen LogP contribution is 2.50. The second-order valence-electron chi connectivity index (χ2n) is 6.95. The summed E-state index contributed by atoms with van der Waals surface area (Å²) in [6.45, 7) is 4.71. The summed E-state index contributed by atoms with van der Waals surface area (Å²) in [5.41, 5.74) is 3.49. The van der Waals surface area contributed by atoms with Crippen LogP contribution in [0.4, 0.5) is 0 Å². The Morgan fingerprint density at radius 3 is 2.48 bits per heavy atom. The molecule has 0 nitrogen and oxygen atoms in total. The molecule has 1 heterocycles. The molecule has 0 bridgehead atoms. The summed E-state index contributed by atoms with van der Waals surface area (Å²) < 4.78 is 0. The van der Waals surface area contributed by atoms with Crippen LogP contribution < -0.4 is 0 Å². The average Bonchev–Trinajstić information content (AvgIpc) is 2.79. The summed E-state index contributed by atoms with van der Waals surface area (Å²) >= 11 is 2.09. The fourth-order valence-corrected chi connectivity index (χ4v) is 5.34. The van der Waals surface area contributed by atoms with E-state index in [1.807, 2.05) is 0 Å². The highest BCUT2D eigenvalue weighted by molar-refractivity contribution is 7.99. The van der Waals surface area contributed by atoms with Crippen LogP contribution in [0.15, 0.2) is 59.5 Å². The summed E-state index contributed by atoms with van der Waals surface area (Å²) in [4.78, 5) is 1.49. The number of thioether (sulfide) groups is 1. The third-order valence-corrected chi connectivity index (χ3v) is 6.92. The summed E-state index contributed by atoms with van der Waals surface area (Å²) in [7, 11) is 0. The van der Waals surface area contributed by atoms with Gasteiger partial charge in [0.25, 0.3) is 0 Å². The maximum atomic E-state index is 2.40. The van der Waals surface area contributed by atoms with Crippen molar-refractivity contribution in [2.24, 2.45) is 5.41 Å². The predicted molar refractivity (Wildman–Crippen MR) is 102 cm³/mol. The molecule has 2 aromatic rings. The maximum absolute atomic E-state index is 2.40. The second-order valence-corrected chi connectivity index (χ2v) is 7.97. The monoisotopic (exact) mass is 324 g/mol. The topological polar surface area (TPSA) is 0 Å². The Hall–Kier alpha value is -1.21. The Kier molecular flexibility index (Phi) is 5.48. The molecule has 23 heavy (non-hydrogen) atoms. The second kappa shape index (κ2) is 7.57. The van der Waals surface area contributed by atoms with Gasteiger partial charge in [-0.05, 0) is 41.9 Å². The van der Waals surface area contributed by atoms with E-state index in [1.54, 1.807) is 0 Å². The lowest BCUT2D eigenvalue weighted by atomic mass is 9.71. The maximum Gasteiger partial charge on any atom is 0.0110 e. The molecule has 0 spiro atoms. The first-order valence-electron chi connectivity index (χ1n) is 9.04. The van der Waals surface area contributed by atoms with Crippen LogP contribution in [0.5, 0.6) is 0 Å². The molecule has 1 aliphatic rings. The first kappa shape index (κ1) is 16.6. The fourth-order valence-electron chi connectivity index (χ4n) is 3.86. The van der Waals surface area contributed by atoms with Gasteiger partial charge in [-0.2, -0.15) is 0 Å². The predicted octanol–water partition coefficient (Wildman–Crippen LogP) is 6.90. The lowest BCUT2D eigenvalue weighted by Crippen LogP contribution is -2.25. The molecule has 0 N–H and O–H groups in total. The highest BCUT2D eigenvalue weighted by atomic mass is 32.2. The minimum absolute atomic E-state index is 0.472. The molecule has 122 valence electrons. The van der Waals surface area contributed by atoms with Crippen LogP contribution >= 0.6 is 11.8 Å². The van der Waals surface area contributed by atoms with Gasteiger partial charge < -0.3 is 0 Å². The first-order chi connectivity index (χ1) is 11.3. The molecule has 1 aliphatic heterocycles. The zero-order valence-electron chi connectivity index (χ0n) is 14.4. The third kappa shape index (κ3) is 3.66. The lowest BCUT2D eigenvalue weighted by molar-refractivity contribution is 0.251. The Labute approximate surface area is 145 Å². The average molecular weight is 325 g/mol. The van der Waals surface area contributed by atoms with Gasteiger partial charge in [0, 0.05) is 16.6 Å². The Bertz CT molecular complexity index is 619. The third-order valence-electron chi connectivity index (χ3n) is 5.48. The minimum Gasteiger partial charge on any atom is -0.125 e. The summed E-state index contributed by atoms with van der Waals surface area (Å²) in [5, 5.41) is 0. The number of unbranched alkanes of at least 4 members (excludes halogenated alkanes) is 1. The molecule has 0 aliphatic carbocycles. The van der Waals surface area contributed by atoms with Crippen molar-refractivity contribution in [3.8, 4) is 0 Å². The van der Waals surface area contributed by atoms with Crippen molar-refractivity contribution in [1.29, 1.82) is 0 Å². The first-order valence-corrected chi connectivity index (χ1v) is 10.0. The standard InChI is InChI=1S/C22H28S/c1-3-5-15-22(4-2)16-20(18-11-7-6-8-12-18)19-13-9-10-14-21(19)23-17-22/h6-14,20H,3-5,15-17H2,1-2H3/t20-,22+/m1/s1. The number of benzene rings is 2. The molecule has 0 aromatic heterocycles. The van der Waals surface area contributed by atoms with Crippen molar-refractivity contribution in [3.63, 3.8) is 0 Å². The van der Waals surface area contributed by atoms with Crippen molar-refractivity contribution in [2.75, 3.05) is 5.75 Å².